The minimum atomic E-state index is -0.0642. The van der Waals surface area contributed by atoms with Gasteiger partial charge in [0.05, 0.1) is 17.4 Å². The molecule has 5 rings (SSSR count). The number of hydrogen-bond acceptors (Lipinski definition) is 4. The van der Waals surface area contributed by atoms with Crippen LogP contribution in [0.2, 0.25) is 0 Å². The molecule has 0 amide bonds. The standard InChI is InChI=1S/C25H25N5O/c1-4-17-8-7-9-18(14-17)30-23-21(25(31)29(15-26-23)13-12-16(2)3)22-24(30)28-20-11-6-5-10-19(20)27-22/h5-11,14-16H,4,12-13H2,1-3H3. The van der Waals surface area contributed by atoms with E-state index in [1.807, 2.05) is 41.0 Å². The van der Waals surface area contributed by atoms with E-state index in [1.54, 1.807) is 10.9 Å². The first kappa shape index (κ1) is 19.4. The summed E-state index contributed by atoms with van der Waals surface area (Å²) in [6, 6.07) is 16.0. The van der Waals surface area contributed by atoms with Crippen LogP contribution in [-0.4, -0.2) is 24.1 Å². The molecule has 0 radical (unpaired) electrons. The number of fused-ring (bicyclic) bond motifs is 4. The Morgan fingerprint density at radius 1 is 0.968 bits per heavy atom. The number of rotatable bonds is 5. The number of aryl methyl sites for hydroxylation is 2. The van der Waals surface area contributed by atoms with Crippen LogP contribution >= 0.6 is 0 Å². The van der Waals surface area contributed by atoms with Gasteiger partial charge in [0.2, 0.25) is 0 Å². The Kier molecular flexibility index (Phi) is 4.77. The van der Waals surface area contributed by atoms with Crippen molar-refractivity contribution in [2.75, 3.05) is 0 Å². The highest BCUT2D eigenvalue weighted by Crippen LogP contribution is 2.28. The average molecular weight is 412 g/mol. The highest BCUT2D eigenvalue weighted by Gasteiger charge is 2.21. The van der Waals surface area contributed by atoms with Gasteiger partial charge < -0.3 is 0 Å². The maximum atomic E-state index is 13.5. The molecule has 0 N–H and O–H groups in total. The smallest absolute Gasteiger partial charge is 0.265 e. The summed E-state index contributed by atoms with van der Waals surface area (Å²) in [4.78, 5) is 28.0. The van der Waals surface area contributed by atoms with E-state index in [0.29, 0.717) is 34.7 Å². The Hall–Kier alpha value is -3.54. The third-order valence-electron chi connectivity index (χ3n) is 5.75. The molecule has 0 spiro atoms. The van der Waals surface area contributed by atoms with Crippen molar-refractivity contribution in [3.63, 3.8) is 0 Å². The molecule has 0 atom stereocenters. The fraction of sp³-hybridized carbons (Fsp3) is 0.280. The van der Waals surface area contributed by atoms with Gasteiger partial charge in [-0.05, 0) is 48.6 Å². The molecule has 0 aliphatic carbocycles. The van der Waals surface area contributed by atoms with Gasteiger partial charge in [-0.2, -0.15) is 0 Å². The summed E-state index contributed by atoms with van der Waals surface area (Å²) in [5.74, 6) is 0.504. The van der Waals surface area contributed by atoms with Crippen LogP contribution in [0.3, 0.4) is 0 Å². The SMILES string of the molecule is CCc1cccc(-n2c3nc4ccccc4nc3c3c(=O)n(CCC(C)C)cnc32)c1. The van der Waals surface area contributed by atoms with Gasteiger partial charge >= 0.3 is 0 Å². The van der Waals surface area contributed by atoms with Gasteiger partial charge in [0.15, 0.2) is 11.3 Å². The third kappa shape index (κ3) is 3.28. The van der Waals surface area contributed by atoms with E-state index in [9.17, 15) is 4.79 Å². The fourth-order valence-corrected chi connectivity index (χ4v) is 3.99. The molecular weight excluding hydrogens is 386 g/mol. The van der Waals surface area contributed by atoms with Gasteiger partial charge in [0.25, 0.3) is 5.56 Å². The molecule has 0 unspecified atom stereocenters. The number of nitrogens with zero attached hydrogens (tertiary/aromatic N) is 5. The van der Waals surface area contributed by atoms with Crippen molar-refractivity contribution in [1.29, 1.82) is 0 Å². The Labute approximate surface area is 180 Å². The minimum absolute atomic E-state index is 0.0642. The van der Waals surface area contributed by atoms with E-state index in [4.69, 9.17) is 15.0 Å². The van der Waals surface area contributed by atoms with Gasteiger partial charge in [-0.25, -0.2) is 15.0 Å². The molecule has 5 aromatic rings. The maximum Gasteiger partial charge on any atom is 0.265 e. The summed E-state index contributed by atoms with van der Waals surface area (Å²) in [6.45, 7) is 7.07. The van der Waals surface area contributed by atoms with Crippen molar-refractivity contribution in [3.05, 3.63) is 70.8 Å². The molecule has 0 bridgehead atoms. The zero-order valence-electron chi connectivity index (χ0n) is 18.0. The zero-order chi connectivity index (χ0) is 21.5. The Balaban J connectivity index is 1.88. The predicted octanol–water partition coefficient (Wildman–Crippen LogP) is 4.89. The molecule has 6 nitrogen and oxygen atoms in total. The second-order valence-corrected chi connectivity index (χ2v) is 8.37. The van der Waals surface area contributed by atoms with Crippen molar-refractivity contribution < 1.29 is 0 Å². The molecule has 156 valence electrons. The molecule has 0 fully saturated rings. The molecular formula is C25H25N5O. The summed E-state index contributed by atoms with van der Waals surface area (Å²) in [5, 5.41) is 0.529. The molecule has 3 heterocycles. The zero-order valence-corrected chi connectivity index (χ0v) is 18.0. The Morgan fingerprint density at radius 3 is 2.48 bits per heavy atom. The first-order chi connectivity index (χ1) is 15.1. The third-order valence-corrected chi connectivity index (χ3v) is 5.75. The molecule has 2 aromatic carbocycles. The largest absolute Gasteiger partial charge is 0.299 e. The van der Waals surface area contributed by atoms with E-state index in [1.165, 1.54) is 5.56 Å². The average Bonchev–Trinajstić information content (AvgIpc) is 3.10. The van der Waals surface area contributed by atoms with Crippen molar-refractivity contribution in [1.82, 2.24) is 24.1 Å². The summed E-state index contributed by atoms with van der Waals surface area (Å²) in [7, 11) is 0. The van der Waals surface area contributed by atoms with Gasteiger partial charge in [-0.1, -0.05) is 45.0 Å². The minimum Gasteiger partial charge on any atom is -0.299 e. The Morgan fingerprint density at radius 2 is 1.74 bits per heavy atom. The van der Waals surface area contributed by atoms with E-state index in [0.717, 1.165) is 29.6 Å². The molecule has 0 saturated carbocycles. The number of hydrogen-bond donors (Lipinski definition) is 0. The fourth-order valence-electron chi connectivity index (χ4n) is 3.99. The van der Waals surface area contributed by atoms with Gasteiger partial charge in [0.1, 0.15) is 10.9 Å². The quantitative estimate of drug-likeness (QED) is 0.413. The monoisotopic (exact) mass is 411 g/mol. The number of para-hydroxylation sites is 2. The Bertz CT molecular complexity index is 1480. The van der Waals surface area contributed by atoms with Crippen molar-refractivity contribution >= 4 is 33.2 Å². The van der Waals surface area contributed by atoms with Gasteiger partial charge in [-0.3, -0.25) is 13.9 Å². The lowest BCUT2D eigenvalue weighted by atomic mass is 10.1. The lowest BCUT2D eigenvalue weighted by molar-refractivity contribution is 0.506. The molecule has 0 aliphatic rings. The van der Waals surface area contributed by atoms with Crippen LogP contribution in [0.4, 0.5) is 0 Å². The lowest BCUT2D eigenvalue weighted by Crippen LogP contribution is -2.21. The van der Waals surface area contributed by atoms with Gasteiger partial charge in [0, 0.05) is 12.2 Å². The van der Waals surface area contributed by atoms with Crippen LogP contribution in [0.5, 0.6) is 0 Å². The molecule has 0 aliphatic heterocycles. The van der Waals surface area contributed by atoms with E-state index < -0.39 is 0 Å². The first-order valence-electron chi connectivity index (χ1n) is 10.8. The van der Waals surface area contributed by atoms with Crippen molar-refractivity contribution in [2.45, 2.75) is 40.2 Å². The summed E-state index contributed by atoms with van der Waals surface area (Å²) >= 11 is 0. The van der Waals surface area contributed by atoms with Crippen LogP contribution in [0.1, 0.15) is 32.8 Å². The maximum absolute atomic E-state index is 13.5. The summed E-state index contributed by atoms with van der Waals surface area (Å²) in [6.07, 6.45) is 3.50. The van der Waals surface area contributed by atoms with Gasteiger partial charge in [-0.15, -0.1) is 0 Å². The van der Waals surface area contributed by atoms with Crippen LogP contribution in [0, 0.1) is 5.92 Å². The second-order valence-electron chi connectivity index (χ2n) is 8.37. The van der Waals surface area contributed by atoms with E-state index in [-0.39, 0.29) is 5.56 Å². The lowest BCUT2D eigenvalue weighted by Gasteiger charge is -2.09. The van der Waals surface area contributed by atoms with Crippen molar-refractivity contribution in [3.8, 4) is 5.69 Å². The highest BCUT2D eigenvalue weighted by molar-refractivity contribution is 6.05. The van der Waals surface area contributed by atoms with Crippen LogP contribution in [-0.2, 0) is 13.0 Å². The number of aromatic nitrogens is 5. The van der Waals surface area contributed by atoms with E-state index >= 15 is 0 Å². The van der Waals surface area contributed by atoms with Crippen LogP contribution < -0.4 is 5.56 Å². The molecule has 6 heteroatoms. The van der Waals surface area contributed by atoms with Crippen LogP contribution in [0.25, 0.3) is 38.9 Å². The molecule has 3 aromatic heterocycles. The normalized spacial score (nSPS) is 11.9. The first-order valence-corrected chi connectivity index (χ1v) is 10.8. The molecule has 31 heavy (non-hydrogen) atoms. The summed E-state index contributed by atoms with van der Waals surface area (Å²) in [5.41, 5.74) is 5.52. The predicted molar refractivity (Wildman–Crippen MR) is 125 cm³/mol. The summed E-state index contributed by atoms with van der Waals surface area (Å²) < 4.78 is 3.67. The van der Waals surface area contributed by atoms with Crippen LogP contribution in [0.15, 0.2) is 59.7 Å². The molecule has 0 saturated heterocycles. The number of benzene rings is 2. The topological polar surface area (TPSA) is 65.6 Å². The second kappa shape index (κ2) is 7.61. The van der Waals surface area contributed by atoms with E-state index in [2.05, 4.69) is 32.9 Å². The van der Waals surface area contributed by atoms with Crippen molar-refractivity contribution in [2.24, 2.45) is 5.92 Å². The highest BCUT2D eigenvalue weighted by atomic mass is 16.1.